The molecule has 0 bridgehead atoms. The summed E-state index contributed by atoms with van der Waals surface area (Å²) in [7, 11) is -3.32. The van der Waals surface area contributed by atoms with E-state index in [9.17, 15) is 18.5 Å². The summed E-state index contributed by atoms with van der Waals surface area (Å²) in [5, 5.41) is 16.7. The van der Waals surface area contributed by atoms with Crippen LogP contribution >= 0.6 is 0 Å². The Labute approximate surface area is 123 Å². The smallest absolute Gasteiger partial charge is 0.353 e. The molecule has 0 aliphatic heterocycles. The van der Waals surface area contributed by atoms with Crippen molar-refractivity contribution in [1.82, 2.24) is 9.97 Å². The molecule has 0 unspecified atom stereocenters. The van der Waals surface area contributed by atoms with Gasteiger partial charge in [0.2, 0.25) is 11.6 Å². The predicted molar refractivity (Wildman–Crippen MR) is 80.3 cm³/mol. The zero-order chi connectivity index (χ0) is 16.3. The lowest BCUT2D eigenvalue weighted by Gasteiger charge is -2.23. The van der Waals surface area contributed by atoms with Crippen molar-refractivity contribution in [1.29, 1.82) is 0 Å². The molecular formula is C11H19N5O4S. The van der Waals surface area contributed by atoms with Gasteiger partial charge in [0.05, 0.1) is 9.67 Å². The average Bonchev–Trinajstić information content (AvgIpc) is 2.35. The lowest BCUT2D eigenvalue weighted by atomic mass is 10.2. The number of hydrogen-bond donors (Lipinski definition) is 2. The van der Waals surface area contributed by atoms with E-state index in [4.69, 9.17) is 0 Å². The molecule has 0 amide bonds. The second-order valence-corrected chi connectivity index (χ2v) is 7.74. The van der Waals surface area contributed by atoms with Gasteiger partial charge in [0, 0.05) is 19.3 Å². The van der Waals surface area contributed by atoms with Crippen molar-refractivity contribution in [2.24, 2.45) is 0 Å². The molecule has 0 aliphatic carbocycles. The zero-order valence-corrected chi connectivity index (χ0v) is 13.2. The van der Waals surface area contributed by atoms with E-state index in [0.29, 0.717) is 6.54 Å². The molecule has 2 N–H and O–H groups in total. The van der Waals surface area contributed by atoms with Gasteiger partial charge in [-0.25, -0.2) is 18.4 Å². The van der Waals surface area contributed by atoms with Crippen molar-refractivity contribution < 1.29 is 13.3 Å². The van der Waals surface area contributed by atoms with Gasteiger partial charge in [-0.15, -0.1) is 0 Å². The quantitative estimate of drug-likeness (QED) is 0.564. The topological polar surface area (TPSA) is 127 Å². The zero-order valence-electron chi connectivity index (χ0n) is 12.4. The Morgan fingerprint density at radius 2 is 1.81 bits per heavy atom. The number of rotatable bonds is 7. The summed E-state index contributed by atoms with van der Waals surface area (Å²) in [4.78, 5) is 18.2. The summed E-state index contributed by atoms with van der Waals surface area (Å²) in [6.45, 7) is 5.31. The minimum atomic E-state index is -3.32. The van der Waals surface area contributed by atoms with Crippen LogP contribution in [-0.4, -0.2) is 47.4 Å². The molecule has 9 nitrogen and oxygen atoms in total. The number of hydrogen-bond acceptors (Lipinski definition) is 8. The maximum Gasteiger partial charge on any atom is 0.353 e. The summed E-state index contributed by atoms with van der Waals surface area (Å²) in [6, 6.07) is 0. The fraction of sp³-hybridized carbons (Fsp3) is 0.636. The molecule has 0 radical (unpaired) electrons. The maximum absolute atomic E-state index is 11.6. The highest BCUT2D eigenvalue weighted by Gasteiger charge is 2.31. The van der Waals surface area contributed by atoms with Crippen LogP contribution in [0.2, 0.25) is 0 Å². The molecule has 21 heavy (non-hydrogen) atoms. The van der Waals surface area contributed by atoms with Gasteiger partial charge in [0.15, 0.2) is 9.84 Å². The van der Waals surface area contributed by atoms with Gasteiger partial charge < -0.3 is 10.6 Å². The van der Waals surface area contributed by atoms with Crippen molar-refractivity contribution in [3.8, 4) is 0 Å². The lowest BCUT2D eigenvalue weighted by molar-refractivity contribution is -0.383. The third-order valence-electron chi connectivity index (χ3n) is 3.03. The summed E-state index contributed by atoms with van der Waals surface area (Å²) < 4.78 is 22.2. The predicted octanol–water partition coefficient (Wildman–Crippen LogP) is 1.05. The van der Waals surface area contributed by atoms with E-state index >= 15 is 0 Å². The van der Waals surface area contributed by atoms with E-state index in [1.807, 2.05) is 0 Å². The summed E-state index contributed by atoms with van der Waals surface area (Å²) in [6.07, 6.45) is 2.30. The molecule has 1 rings (SSSR count). The van der Waals surface area contributed by atoms with Gasteiger partial charge >= 0.3 is 5.69 Å². The van der Waals surface area contributed by atoms with Crippen LogP contribution in [0.25, 0.3) is 0 Å². The number of nitrogens with one attached hydrogen (secondary N) is 2. The average molecular weight is 317 g/mol. The van der Waals surface area contributed by atoms with E-state index in [2.05, 4.69) is 20.6 Å². The van der Waals surface area contributed by atoms with Gasteiger partial charge in [0.25, 0.3) is 0 Å². The molecule has 0 aliphatic rings. The largest absolute Gasteiger partial charge is 0.364 e. The Hall–Kier alpha value is -1.97. The van der Waals surface area contributed by atoms with E-state index < -0.39 is 19.5 Å². The molecule has 0 spiro atoms. The molecule has 1 aromatic rings. The standard InChI is InChI=1S/C11H19N5O4S/c1-5-12-9-8(16(17)18)10(15-7-14-9)13-6-11(2,3)21(4,19)20/h7H,5-6H2,1-4H3,(H2,12,13,14,15). The van der Waals surface area contributed by atoms with Gasteiger partial charge in [-0.2, -0.15) is 0 Å². The molecule has 1 heterocycles. The van der Waals surface area contributed by atoms with Crippen molar-refractivity contribution in [2.75, 3.05) is 30.0 Å². The minimum absolute atomic E-state index is 0.00471. The maximum atomic E-state index is 11.6. The third kappa shape index (κ3) is 4.00. The molecule has 118 valence electrons. The van der Waals surface area contributed by atoms with Crippen LogP contribution in [0, 0.1) is 10.1 Å². The number of sulfone groups is 1. The summed E-state index contributed by atoms with van der Waals surface area (Å²) >= 11 is 0. The fourth-order valence-corrected chi connectivity index (χ4v) is 1.74. The highest BCUT2D eigenvalue weighted by Crippen LogP contribution is 2.29. The Morgan fingerprint density at radius 3 is 2.24 bits per heavy atom. The van der Waals surface area contributed by atoms with Crippen molar-refractivity contribution in [2.45, 2.75) is 25.5 Å². The Balaban J connectivity index is 3.09. The van der Waals surface area contributed by atoms with Crippen LogP contribution in [0.15, 0.2) is 6.33 Å². The van der Waals surface area contributed by atoms with Crippen molar-refractivity contribution in [3.63, 3.8) is 0 Å². The van der Waals surface area contributed by atoms with Crippen LogP contribution in [-0.2, 0) is 9.84 Å². The first-order valence-electron chi connectivity index (χ1n) is 6.27. The molecule has 0 saturated heterocycles. The van der Waals surface area contributed by atoms with E-state index in [0.717, 1.165) is 6.26 Å². The first-order valence-corrected chi connectivity index (χ1v) is 8.16. The second-order valence-electron chi connectivity index (χ2n) is 5.09. The summed E-state index contributed by atoms with van der Waals surface area (Å²) in [5.41, 5.74) is -0.302. The van der Waals surface area contributed by atoms with Gasteiger partial charge in [-0.1, -0.05) is 0 Å². The third-order valence-corrected chi connectivity index (χ3v) is 5.19. The molecule has 0 atom stereocenters. The molecule has 0 saturated carbocycles. The Morgan fingerprint density at radius 1 is 1.29 bits per heavy atom. The Bertz CT molecular complexity index is 630. The normalized spacial score (nSPS) is 12.0. The lowest BCUT2D eigenvalue weighted by Crippen LogP contribution is -2.38. The highest BCUT2D eigenvalue weighted by atomic mass is 32.2. The number of nitrogens with zero attached hydrogens (tertiary/aromatic N) is 3. The number of nitro groups is 1. The van der Waals surface area contributed by atoms with Crippen LogP contribution in [0.1, 0.15) is 20.8 Å². The van der Waals surface area contributed by atoms with E-state index in [1.165, 1.54) is 20.2 Å². The first-order chi connectivity index (χ1) is 9.60. The monoisotopic (exact) mass is 317 g/mol. The van der Waals surface area contributed by atoms with Crippen LogP contribution < -0.4 is 10.6 Å². The van der Waals surface area contributed by atoms with Crippen molar-refractivity contribution >= 4 is 27.2 Å². The first kappa shape index (κ1) is 17.1. The number of aromatic nitrogens is 2. The molecule has 10 heteroatoms. The fourth-order valence-electron chi connectivity index (χ4n) is 1.41. The van der Waals surface area contributed by atoms with Crippen molar-refractivity contribution in [3.05, 3.63) is 16.4 Å². The molecule has 0 fully saturated rings. The van der Waals surface area contributed by atoms with E-state index in [-0.39, 0.29) is 23.9 Å². The summed E-state index contributed by atoms with van der Waals surface area (Å²) in [5.74, 6) is 0.0832. The molecular weight excluding hydrogens is 298 g/mol. The second kappa shape index (κ2) is 6.20. The van der Waals surface area contributed by atoms with Gasteiger partial charge in [-0.3, -0.25) is 10.1 Å². The van der Waals surface area contributed by atoms with Crippen LogP contribution in [0.3, 0.4) is 0 Å². The van der Waals surface area contributed by atoms with E-state index in [1.54, 1.807) is 6.92 Å². The number of anilines is 2. The minimum Gasteiger partial charge on any atom is -0.364 e. The van der Waals surface area contributed by atoms with Gasteiger partial charge in [-0.05, 0) is 20.8 Å². The SMILES string of the molecule is CCNc1ncnc(NCC(C)(C)S(C)(=O)=O)c1[N+](=O)[O-]. The van der Waals surface area contributed by atoms with Crippen LogP contribution in [0.5, 0.6) is 0 Å². The van der Waals surface area contributed by atoms with Gasteiger partial charge in [0.1, 0.15) is 6.33 Å². The van der Waals surface area contributed by atoms with Crippen LogP contribution in [0.4, 0.5) is 17.3 Å². The molecule has 0 aromatic carbocycles. The Kier molecular flexibility index (Phi) is 5.05. The highest BCUT2D eigenvalue weighted by molar-refractivity contribution is 7.92. The molecule has 1 aromatic heterocycles.